The first-order valence-electron chi connectivity index (χ1n) is 9.90. The molecule has 2 N–H and O–H groups in total. The molecule has 0 radical (unpaired) electrons. The fourth-order valence-electron chi connectivity index (χ4n) is 3.73. The van der Waals surface area contributed by atoms with Crippen molar-refractivity contribution >= 4 is 32.5 Å². The van der Waals surface area contributed by atoms with Crippen molar-refractivity contribution in [2.75, 3.05) is 18.4 Å². The number of H-pyrrole nitrogens is 1. The molecule has 1 aromatic heterocycles. The van der Waals surface area contributed by atoms with Crippen LogP contribution in [0.1, 0.15) is 35.2 Å². The van der Waals surface area contributed by atoms with Gasteiger partial charge in [-0.1, -0.05) is 30.7 Å². The molecular weight excluding hydrogens is 402 g/mol. The number of sulfonamides is 1. The lowest BCUT2D eigenvalue weighted by Gasteiger charge is -2.26. The topological polar surface area (TPSA) is 99.3 Å². The maximum absolute atomic E-state index is 13.0. The summed E-state index contributed by atoms with van der Waals surface area (Å²) in [6, 6.07) is 13.0. The van der Waals surface area contributed by atoms with Crippen molar-refractivity contribution in [1.82, 2.24) is 9.29 Å². The van der Waals surface area contributed by atoms with Crippen LogP contribution in [0.2, 0.25) is 0 Å². The summed E-state index contributed by atoms with van der Waals surface area (Å²) in [4.78, 5) is 27.8. The number of nitrogens with one attached hydrogen (secondary N) is 2. The SMILES string of the molecule is Cc1ccc(S(=O)(=O)N2CCCCC2)cc1NC(=O)c1cc(=O)[nH]c2ccccc12. The maximum atomic E-state index is 13.0. The number of aromatic nitrogens is 1. The molecule has 1 aliphatic rings. The van der Waals surface area contributed by atoms with Crippen molar-refractivity contribution in [2.45, 2.75) is 31.1 Å². The van der Waals surface area contributed by atoms with Gasteiger partial charge in [-0.2, -0.15) is 4.31 Å². The first kappa shape index (κ1) is 20.3. The number of aryl methyl sites for hydroxylation is 1. The number of pyridine rings is 1. The zero-order valence-electron chi connectivity index (χ0n) is 16.6. The molecule has 0 bridgehead atoms. The van der Waals surface area contributed by atoms with Crippen LogP contribution in [0.4, 0.5) is 5.69 Å². The monoisotopic (exact) mass is 425 g/mol. The molecule has 0 spiro atoms. The number of carbonyl (C=O) groups excluding carboxylic acids is 1. The Morgan fingerprint density at radius 2 is 1.77 bits per heavy atom. The Balaban J connectivity index is 1.68. The van der Waals surface area contributed by atoms with Crippen molar-refractivity contribution in [3.8, 4) is 0 Å². The Labute approximate surface area is 174 Å². The Hall–Kier alpha value is -2.97. The van der Waals surface area contributed by atoms with E-state index in [-0.39, 0.29) is 16.0 Å². The van der Waals surface area contributed by atoms with Gasteiger partial charge in [0.15, 0.2) is 0 Å². The van der Waals surface area contributed by atoms with Crippen LogP contribution in [0.25, 0.3) is 10.9 Å². The molecule has 1 aliphatic heterocycles. The first-order valence-corrected chi connectivity index (χ1v) is 11.3. The number of nitrogens with zero attached hydrogens (tertiary/aromatic N) is 1. The van der Waals surface area contributed by atoms with Crippen molar-refractivity contribution in [3.05, 3.63) is 70.0 Å². The third-order valence-corrected chi connectivity index (χ3v) is 7.30. The van der Waals surface area contributed by atoms with Crippen LogP contribution in [0.3, 0.4) is 0 Å². The predicted octanol–water partition coefficient (Wildman–Crippen LogP) is 3.26. The summed E-state index contributed by atoms with van der Waals surface area (Å²) in [5, 5.41) is 3.40. The number of aromatic amines is 1. The largest absolute Gasteiger partial charge is 0.322 e. The number of anilines is 1. The molecule has 2 aromatic carbocycles. The molecule has 1 amide bonds. The summed E-state index contributed by atoms with van der Waals surface area (Å²) >= 11 is 0. The maximum Gasteiger partial charge on any atom is 0.256 e. The van der Waals surface area contributed by atoms with E-state index in [1.807, 2.05) is 0 Å². The number of hydrogen-bond donors (Lipinski definition) is 2. The Morgan fingerprint density at radius 1 is 1.03 bits per heavy atom. The lowest BCUT2D eigenvalue weighted by atomic mass is 10.1. The second kappa shape index (κ2) is 8.04. The highest BCUT2D eigenvalue weighted by atomic mass is 32.2. The van der Waals surface area contributed by atoms with E-state index in [0.29, 0.717) is 29.7 Å². The number of rotatable bonds is 4. The molecule has 1 saturated heterocycles. The molecular formula is C22H23N3O4S. The Morgan fingerprint density at radius 3 is 2.53 bits per heavy atom. The first-order chi connectivity index (χ1) is 14.4. The van der Waals surface area contributed by atoms with Gasteiger partial charge in [-0.3, -0.25) is 9.59 Å². The lowest BCUT2D eigenvalue weighted by Crippen LogP contribution is -2.35. The normalized spacial score (nSPS) is 15.2. The quantitative estimate of drug-likeness (QED) is 0.670. The van der Waals surface area contributed by atoms with Crippen molar-refractivity contribution < 1.29 is 13.2 Å². The minimum Gasteiger partial charge on any atom is -0.322 e. The molecule has 7 nitrogen and oxygen atoms in total. The third kappa shape index (κ3) is 3.88. The zero-order valence-corrected chi connectivity index (χ0v) is 17.5. The number of fused-ring (bicyclic) bond motifs is 1. The number of amides is 1. The summed E-state index contributed by atoms with van der Waals surface area (Å²) in [5.74, 6) is -0.465. The molecule has 2 heterocycles. The Kier molecular flexibility index (Phi) is 5.44. The number of carbonyl (C=O) groups is 1. The molecule has 0 atom stereocenters. The average Bonchev–Trinajstić information content (AvgIpc) is 2.75. The van der Waals surface area contributed by atoms with Gasteiger partial charge in [-0.05, 0) is 43.5 Å². The van der Waals surface area contributed by atoms with Gasteiger partial charge in [-0.15, -0.1) is 0 Å². The molecule has 4 rings (SSSR count). The van der Waals surface area contributed by atoms with E-state index in [1.165, 1.54) is 16.4 Å². The molecule has 1 fully saturated rings. The van der Waals surface area contributed by atoms with Gasteiger partial charge in [0.2, 0.25) is 15.6 Å². The van der Waals surface area contributed by atoms with Crippen LogP contribution in [0.5, 0.6) is 0 Å². The smallest absolute Gasteiger partial charge is 0.256 e. The zero-order chi connectivity index (χ0) is 21.3. The molecule has 0 unspecified atom stereocenters. The summed E-state index contributed by atoms with van der Waals surface area (Å²) in [5.41, 5.74) is 1.56. The van der Waals surface area contributed by atoms with E-state index in [9.17, 15) is 18.0 Å². The van der Waals surface area contributed by atoms with Crippen LogP contribution in [0, 0.1) is 6.92 Å². The van der Waals surface area contributed by atoms with Crippen LogP contribution < -0.4 is 10.9 Å². The van der Waals surface area contributed by atoms with E-state index in [2.05, 4.69) is 10.3 Å². The molecule has 0 aliphatic carbocycles. The molecule has 3 aromatic rings. The van der Waals surface area contributed by atoms with E-state index in [4.69, 9.17) is 0 Å². The van der Waals surface area contributed by atoms with E-state index >= 15 is 0 Å². The Bertz CT molecular complexity index is 1280. The van der Waals surface area contributed by atoms with E-state index in [1.54, 1.807) is 43.3 Å². The van der Waals surface area contributed by atoms with E-state index in [0.717, 1.165) is 24.8 Å². The van der Waals surface area contributed by atoms with Crippen molar-refractivity contribution in [2.24, 2.45) is 0 Å². The van der Waals surface area contributed by atoms with Gasteiger partial charge < -0.3 is 10.3 Å². The van der Waals surface area contributed by atoms with E-state index < -0.39 is 15.9 Å². The number of benzene rings is 2. The third-order valence-electron chi connectivity index (χ3n) is 5.41. The van der Waals surface area contributed by atoms with Crippen LogP contribution in [-0.4, -0.2) is 36.7 Å². The number of piperidine rings is 1. The molecule has 156 valence electrons. The van der Waals surface area contributed by atoms with Crippen molar-refractivity contribution in [1.29, 1.82) is 0 Å². The van der Waals surface area contributed by atoms with Crippen LogP contribution >= 0.6 is 0 Å². The van der Waals surface area contributed by atoms with Gasteiger partial charge in [0, 0.05) is 35.7 Å². The van der Waals surface area contributed by atoms with Crippen LogP contribution in [-0.2, 0) is 10.0 Å². The molecule has 0 saturated carbocycles. The minimum absolute atomic E-state index is 0.154. The van der Waals surface area contributed by atoms with Gasteiger partial charge in [0.1, 0.15) is 0 Å². The number of para-hydroxylation sites is 1. The fourth-order valence-corrected chi connectivity index (χ4v) is 5.28. The lowest BCUT2D eigenvalue weighted by molar-refractivity contribution is 0.102. The van der Waals surface area contributed by atoms with Gasteiger partial charge >= 0.3 is 0 Å². The standard InChI is InChI=1S/C22H23N3O4S/c1-15-9-10-16(30(28,29)25-11-5-2-6-12-25)13-20(15)24-22(27)18-14-21(26)23-19-8-4-3-7-17(18)19/h3-4,7-10,13-14H,2,5-6,11-12H2,1H3,(H,23,26)(H,24,27). The average molecular weight is 426 g/mol. The molecule has 30 heavy (non-hydrogen) atoms. The van der Waals surface area contributed by atoms with Crippen LogP contribution in [0.15, 0.2) is 58.2 Å². The summed E-state index contributed by atoms with van der Waals surface area (Å²) in [7, 11) is -3.62. The highest BCUT2D eigenvalue weighted by Gasteiger charge is 2.26. The second-order valence-corrected chi connectivity index (χ2v) is 9.43. The second-order valence-electron chi connectivity index (χ2n) is 7.49. The predicted molar refractivity (Wildman–Crippen MR) is 116 cm³/mol. The number of hydrogen-bond acceptors (Lipinski definition) is 4. The van der Waals surface area contributed by atoms with Gasteiger partial charge in [-0.25, -0.2) is 8.42 Å². The van der Waals surface area contributed by atoms with Gasteiger partial charge in [0.25, 0.3) is 5.91 Å². The highest BCUT2D eigenvalue weighted by molar-refractivity contribution is 7.89. The van der Waals surface area contributed by atoms with Crippen molar-refractivity contribution in [3.63, 3.8) is 0 Å². The fraction of sp³-hybridized carbons (Fsp3) is 0.273. The minimum atomic E-state index is -3.62. The highest BCUT2D eigenvalue weighted by Crippen LogP contribution is 2.26. The summed E-state index contributed by atoms with van der Waals surface area (Å²) < 4.78 is 27.5. The summed E-state index contributed by atoms with van der Waals surface area (Å²) in [6.45, 7) is 2.82. The summed E-state index contributed by atoms with van der Waals surface area (Å²) in [6.07, 6.45) is 2.74. The van der Waals surface area contributed by atoms with Gasteiger partial charge in [0.05, 0.1) is 10.5 Å². The molecule has 8 heteroatoms.